The third kappa shape index (κ3) is 4.37. The van der Waals surface area contributed by atoms with Gasteiger partial charge in [0.15, 0.2) is 5.76 Å². The van der Waals surface area contributed by atoms with Crippen molar-refractivity contribution in [1.82, 2.24) is 4.98 Å². The molecule has 3 aromatic carbocycles. The maximum Gasteiger partial charge on any atom is 0.337 e. The first-order valence-electron chi connectivity index (χ1n) is 11.2. The number of rotatable bonds is 5. The molecule has 1 aromatic heterocycles. The van der Waals surface area contributed by atoms with Crippen LogP contribution in [0.15, 0.2) is 95.4 Å². The minimum absolute atomic E-state index is 0.293. The van der Waals surface area contributed by atoms with Crippen molar-refractivity contribution < 1.29 is 13.9 Å². The first kappa shape index (κ1) is 21.0. The molecule has 0 aliphatic heterocycles. The molecule has 4 heteroatoms. The fraction of sp³-hybridized carbons (Fsp3) is 0.172. The van der Waals surface area contributed by atoms with Crippen LogP contribution in [-0.4, -0.2) is 18.1 Å². The molecule has 164 valence electrons. The van der Waals surface area contributed by atoms with Crippen LogP contribution in [0.5, 0.6) is 0 Å². The van der Waals surface area contributed by atoms with Crippen LogP contribution in [0.3, 0.4) is 0 Å². The van der Waals surface area contributed by atoms with Gasteiger partial charge in [-0.15, -0.1) is 0 Å². The van der Waals surface area contributed by atoms with E-state index in [9.17, 15) is 4.79 Å². The maximum absolute atomic E-state index is 12.0. The summed E-state index contributed by atoms with van der Waals surface area (Å²) >= 11 is 0. The van der Waals surface area contributed by atoms with E-state index >= 15 is 0 Å². The van der Waals surface area contributed by atoms with E-state index in [1.54, 1.807) is 6.07 Å². The van der Waals surface area contributed by atoms with Crippen molar-refractivity contribution in [3.63, 3.8) is 0 Å². The van der Waals surface area contributed by atoms with Gasteiger partial charge in [-0.25, -0.2) is 9.78 Å². The van der Waals surface area contributed by atoms with Crippen LogP contribution < -0.4 is 0 Å². The first-order chi connectivity index (χ1) is 16.2. The van der Waals surface area contributed by atoms with Gasteiger partial charge in [0.1, 0.15) is 5.69 Å². The van der Waals surface area contributed by atoms with Gasteiger partial charge in [0.2, 0.25) is 5.89 Å². The average Bonchev–Trinajstić information content (AvgIpc) is 3.35. The first-order valence-corrected chi connectivity index (χ1v) is 11.2. The molecule has 1 aliphatic carbocycles. The predicted octanol–water partition coefficient (Wildman–Crippen LogP) is 7.15. The highest BCUT2D eigenvalue weighted by molar-refractivity contribution is 5.89. The van der Waals surface area contributed by atoms with Crippen LogP contribution in [0.4, 0.5) is 0 Å². The van der Waals surface area contributed by atoms with Crippen molar-refractivity contribution in [3.05, 3.63) is 108 Å². The van der Waals surface area contributed by atoms with Crippen LogP contribution >= 0.6 is 0 Å². The van der Waals surface area contributed by atoms with E-state index in [-0.39, 0.29) is 5.97 Å². The van der Waals surface area contributed by atoms with Crippen molar-refractivity contribution in [2.24, 2.45) is 0 Å². The van der Waals surface area contributed by atoms with Gasteiger partial charge in [-0.3, -0.25) is 0 Å². The van der Waals surface area contributed by atoms with E-state index in [1.807, 2.05) is 60.7 Å². The molecule has 4 aromatic rings. The molecule has 0 amide bonds. The normalized spacial score (nSPS) is 15.7. The van der Waals surface area contributed by atoms with Gasteiger partial charge in [0, 0.05) is 16.7 Å². The highest BCUT2D eigenvalue weighted by atomic mass is 16.5. The SMILES string of the molecule is COC(=O)c1cccc(C2CCC=C(c3nc(-c4ccccc4)c(-c4ccccc4)o3)C2)c1. The third-order valence-electron chi connectivity index (χ3n) is 6.14. The van der Waals surface area contributed by atoms with Crippen molar-refractivity contribution in [2.75, 3.05) is 7.11 Å². The lowest BCUT2D eigenvalue weighted by molar-refractivity contribution is 0.0600. The van der Waals surface area contributed by atoms with Gasteiger partial charge in [-0.05, 0) is 42.9 Å². The largest absolute Gasteiger partial charge is 0.465 e. The van der Waals surface area contributed by atoms with Gasteiger partial charge < -0.3 is 9.15 Å². The Kier molecular flexibility index (Phi) is 5.90. The Balaban J connectivity index is 1.49. The Labute approximate surface area is 193 Å². The van der Waals surface area contributed by atoms with E-state index in [4.69, 9.17) is 14.1 Å². The Morgan fingerprint density at radius 2 is 1.67 bits per heavy atom. The van der Waals surface area contributed by atoms with Crippen molar-refractivity contribution in [3.8, 4) is 22.6 Å². The molecule has 5 rings (SSSR count). The summed E-state index contributed by atoms with van der Waals surface area (Å²) in [6, 6.07) is 28.0. The summed E-state index contributed by atoms with van der Waals surface area (Å²) in [5, 5.41) is 0. The maximum atomic E-state index is 12.0. The molecule has 0 saturated heterocycles. The van der Waals surface area contributed by atoms with Gasteiger partial charge in [-0.2, -0.15) is 0 Å². The molecule has 1 heterocycles. The molecule has 0 N–H and O–H groups in total. The molecule has 0 saturated carbocycles. The number of esters is 1. The molecular weight excluding hydrogens is 410 g/mol. The summed E-state index contributed by atoms with van der Waals surface area (Å²) < 4.78 is 11.3. The van der Waals surface area contributed by atoms with Crippen molar-refractivity contribution >= 4 is 11.5 Å². The smallest absolute Gasteiger partial charge is 0.337 e. The zero-order valence-electron chi connectivity index (χ0n) is 18.5. The van der Waals surface area contributed by atoms with Crippen LogP contribution in [0.2, 0.25) is 0 Å². The number of oxazole rings is 1. The highest BCUT2D eigenvalue weighted by Gasteiger charge is 2.24. The second kappa shape index (κ2) is 9.29. The van der Waals surface area contributed by atoms with Crippen LogP contribution in [0.25, 0.3) is 28.2 Å². The molecule has 1 aliphatic rings. The lowest BCUT2D eigenvalue weighted by atomic mass is 9.83. The van der Waals surface area contributed by atoms with Gasteiger partial charge >= 0.3 is 5.97 Å². The number of hydrogen-bond donors (Lipinski definition) is 0. The number of benzene rings is 3. The lowest BCUT2D eigenvalue weighted by Gasteiger charge is -2.22. The second-order valence-corrected chi connectivity index (χ2v) is 8.25. The van der Waals surface area contributed by atoms with E-state index in [0.717, 1.165) is 53.0 Å². The Hall–Kier alpha value is -3.92. The summed E-state index contributed by atoms with van der Waals surface area (Å²) in [7, 11) is 1.41. The number of methoxy groups -OCH3 is 1. The number of nitrogens with zero attached hydrogens (tertiary/aromatic N) is 1. The molecule has 0 radical (unpaired) electrons. The quantitative estimate of drug-likeness (QED) is 0.312. The molecule has 0 bridgehead atoms. The van der Waals surface area contributed by atoms with Crippen LogP contribution in [0.1, 0.15) is 47.0 Å². The number of allylic oxidation sites excluding steroid dienone is 2. The summed E-state index contributed by atoms with van der Waals surface area (Å²) in [4.78, 5) is 16.9. The van der Waals surface area contributed by atoms with Gasteiger partial charge in [0.05, 0.1) is 12.7 Å². The van der Waals surface area contributed by atoms with Gasteiger partial charge in [0.25, 0.3) is 0 Å². The highest BCUT2D eigenvalue weighted by Crippen LogP contribution is 2.40. The van der Waals surface area contributed by atoms with Crippen LogP contribution in [-0.2, 0) is 4.74 Å². The second-order valence-electron chi connectivity index (χ2n) is 8.25. The number of carbonyl (C=O) groups is 1. The van der Waals surface area contributed by atoms with E-state index in [1.165, 1.54) is 7.11 Å². The minimum atomic E-state index is -0.309. The Morgan fingerprint density at radius 3 is 2.39 bits per heavy atom. The zero-order valence-corrected chi connectivity index (χ0v) is 18.5. The number of carbonyl (C=O) groups excluding carboxylic acids is 1. The van der Waals surface area contributed by atoms with Crippen molar-refractivity contribution in [2.45, 2.75) is 25.2 Å². The lowest BCUT2D eigenvalue weighted by Crippen LogP contribution is -2.07. The number of ether oxygens (including phenoxy) is 1. The minimum Gasteiger partial charge on any atom is -0.465 e. The molecule has 4 nitrogen and oxygen atoms in total. The standard InChI is InChI=1S/C29H25NO3/c1-32-29(31)25-17-9-15-23(19-25)22-14-8-16-24(18-22)28-30-26(20-10-4-2-5-11-20)27(33-28)21-12-6-3-7-13-21/h2-7,9-13,15-17,19,22H,8,14,18H2,1H3. The summed E-state index contributed by atoms with van der Waals surface area (Å²) in [6.45, 7) is 0. The van der Waals surface area contributed by atoms with Gasteiger partial charge in [-0.1, -0.05) is 78.9 Å². The zero-order chi connectivity index (χ0) is 22.6. The topological polar surface area (TPSA) is 52.3 Å². The van der Waals surface area contributed by atoms with E-state index in [0.29, 0.717) is 17.4 Å². The summed E-state index contributed by atoms with van der Waals surface area (Å²) in [5.74, 6) is 1.44. The molecule has 0 spiro atoms. The molecule has 1 unspecified atom stereocenters. The fourth-order valence-electron chi connectivity index (χ4n) is 4.44. The Morgan fingerprint density at radius 1 is 0.939 bits per heavy atom. The number of aromatic nitrogens is 1. The van der Waals surface area contributed by atoms with Crippen LogP contribution in [0, 0.1) is 0 Å². The molecular formula is C29H25NO3. The molecule has 0 fully saturated rings. The van der Waals surface area contributed by atoms with Crippen molar-refractivity contribution in [1.29, 1.82) is 0 Å². The van der Waals surface area contributed by atoms with E-state index in [2.05, 4.69) is 24.3 Å². The molecule has 33 heavy (non-hydrogen) atoms. The fourth-order valence-corrected chi connectivity index (χ4v) is 4.44. The Bertz CT molecular complexity index is 1230. The third-order valence-corrected chi connectivity index (χ3v) is 6.14. The summed E-state index contributed by atoms with van der Waals surface area (Å²) in [5.41, 5.74) is 5.72. The monoisotopic (exact) mass is 435 g/mol. The average molecular weight is 436 g/mol. The predicted molar refractivity (Wildman–Crippen MR) is 130 cm³/mol. The summed E-state index contributed by atoms with van der Waals surface area (Å²) in [6.07, 6.45) is 5.00. The van der Waals surface area contributed by atoms with E-state index < -0.39 is 0 Å². The number of hydrogen-bond acceptors (Lipinski definition) is 4. The molecule has 1 atom stereocenters.